The number of hydrogen-bond acceptors (Lipinski definition) is 11. The van der Waals surface area contributed by atoms with Crippen molar-refractivity contribution in [2.45, 2.75) is 170 Å². The smallest absolute Gasteiger partial charge is 0.285 e. The first kappa shape index (κ1) is 62.2. The second kappa shape index (κ2) is 31.0. The molecule has 0 bridgehead atoms. The van der Waals surface area contributed by atoms with Gasteiger partial charge < -0.3 is 15.2 Å². The highest BCUT2D eigenvalue weighted by Gasteiger charge is 2.44. The summed E-state index contributed by atoms with van der Waals surface area (Å²) in [5.74, 6) is 0.644. The summed E-state index contributed by atoms with van der Waals surface area (Å²) in [6.45, 7) is 38.1. The lowest BCUT2D eigenvalue weighted by atomic mass is 9.69. The maximum atomic E-state index is 11.6. The molecule has 53 heavy (non-hydrogen) atoms. The zero-order chi connectivity index (χ0) is 43.7. The van der Waals surface area contributed by atoms with Crippen LogP contribution in [0.4, 0.5) is 0 Å². The van der Waals surface area contributed by atoms with Crippen molar-refractivity contribution in [3.05, 3.63) is 0 Å². The number of aliphatic hydroxyl groups excluding tert-OH is 1. The second-order valence-electron chi connectivity index (χ2n) is 15.4. The van der Waals surface area contributed by atoms with Crippen molar-refractivity contribution < 1.29 is 41.6 Å². The van der Waals surface area contributed by atoms with Gasteiger partial charge >= 0.3 is 0 Å². The fourth-order valence-corrected chi connectivity index (χ4v) is 27.6. The standard InChI is InChI=1S/C14H31NO3S2Si.C11H26OSSi.2C3H9BO.C3H7NO3S/c1-11(2)21(12(3)4,13(5)6)19-10-9-15(14(7)16)20(8,17)18;1-9(2)14(10(3)4,11(5)6)13-8-7-12;2*1-3-4(2)5;1-3(5)4-8(2,6)7/h11-13H,9-10H2,1-8H3;9-12H,7-8H2,1-6H3;2*5H,3H2,1-2H3;1-2H3,(H,4,5). The number of carbonyl (C=O) groups excluding carboxylic acids is 2. The van der Waals surface area contributed by atoms with E-state index in [0.29, 0.717) is 29.0 Å². The van der Waals surface area contributed by atoms with Crippen molar-refractivity contribution in [3.63, 3.8) is 0 Å². The second-order valence-corrected chi connectivity index (χ2v) is 36.7. The summed E-state index contributed by atoms with van der Waals surface area (Å²) in [7, 11) is -9.68. The molecule has 0 aromatic carbocycles. The molecular weight excluding hydrogens is 786 g/mol. The summed E-state index contributed by atoms with van der Waals surface area (Å²) >= 11 is 4.02. The van der Waals surface area contributed by atoms with Gasteiger partial charge in [-0.15, -0.1) is 0 Å². The summed E-state index contributed by atoms with van der Waals surface area (Å²) in [6, 6.07) is 0. The van der Waals surface area contributed by atoms with Crippen molar-refractivity contribution >= 4 is 82.6 Å². The van der Waals surface area contributed by atoms with Crippen LogP contribution >= 0.6 is 22.4 Å². The number of amides is 2. The van der Waals surface area contributed by atoms with Crippen LogP contribution in [0.3, 0.4) is 0 Å². The van der Waals surface area contributed by atoms with E-state index in [2.05, 4.69) is 94.3 Å². The highest BCUT2D eigenvalue weighted by Crippen LogP contribution is 2.50. The Hall–Kier alpha value is -0.0164. The lowest BCUT2D eigenvalue weighted by Gasteiger charge is -2.42. The third kappa shape index (κ3) is 28.9. The third-order valence-electron chi connectivity index (χ3n) is 8.77. The van der Waals surface area contributed by atoms with Crippen LogP contribution in [0.2, 0.25) is 59.5 Å². The molecule has 0 rings (SSSR count). The summed E-state index contributed by atoms with van der Waals surface area (Å²) in [6.07, 6.45) is 3.74. The van der Waals surface area contributed by atoms with Crippen LogP contribution in [0.1, 0.15) is 111 Å². The summed E-state index contributed by atoms with van der Waals surface area (Å²) in [4.78, 5) is 21.5. The maximum absolute atomic E-state index is 11.6. The van der Waals surface area contributed by atoms with Crippen molar-refractivity contribution in [2.24, 2.45) is 0 Å². The molecule has 0 unspecified atom stereocenters. The molecule has 0 saturated heterocycles. The van der Waals surface area contributed by atoms with Crippen molar-refractivity contribution in [2.75, 3.05) is 37.2 Å². The SMILES string of the molecule is CC(=O)N(CCS[Si](C(C)C)(C(C)C)C(C)C)S(C)(=O)=O.CC(=O)NS(C)(=O)=O.CC(C)[Si](SCCO)(C(C)C)C(C)C.CCB(C)O.CCB(C)O. The van der Waals surface area contributed by atoms with Crippen molar-refractivity contribution in [3.8, 4) is 0 Å². The Kier molecular flexibility index (Phi) is 36.4. The van der Waals surface area contributed by atoms with Crippen LogP contribution in [0.25, 0.3) is 0 Å². The molecule has 19 heteroatoms. The largest absolute Gasteiger partial charge is 0.451 e. The zero-order valence-corrected chi connectivity index (χ0v) is 42.5. The molecule has 0 aliphatic heterocycles. The quantitative estimate of drug-likeness (QED) is 0.104. The molecule has 320 valence electrons. The monoisotopic (exact) mass is 868 g/mol. The highest BCUT2D eigenvalue weighted by atomic mass is 32.4. The fourth-order valence-electron chi connectivity index (χ4n) is 6.35. The topological polar surface area (TPSA) is 178 Å². The van der Waals surface area contributed by atoms with Gasteiger partial charge in [0.2, 0.25) is 31.9 Å². The summed E-state index contributed by atoms with van der Waals surface area (Å²) < 4.78 is 46.2. The van der Waals surface area contributed by atoms with E-state index in [-0.39, 0.29) is 20.4 Å². The molecule has 0 heterocycles. The van der Waals surface area contributed by atoms with Gasteiger partial charge in [-0.2, -0.15) is 22.4 Å². The van der Waals surface area contributed by atoms with Gasteiger partial charge in [0.1, 0.15) is 14.4 Å². The minimum atomic E-state index is -3.46. The predicted molar refractivity (Wildman–Crippen MR) is 244 cm³/mol. The zero-order valence-electron chi connectivity index (χ0n) is 37.2. The summed E-state index contributed by atoms with van der Waals surface area (Å²) in [5, 5.41) is 25.7. The Morgan fingerprint density at radius 3 is 1.06 bits per heavy atom. The first-order chi connectivity index (χ1) is 23.7. The van der Waals surface area contributed by atoms with E-state index < -0.39 is 46.3 Å². The summed E-state index contributed by atoms with van der Waals surface area (Å²) in [5.41, 5.74) is 4.22. The average molecular weight is 869 g/mol. The molecule has 0 aliphatic carbocycles. The average Bonchev–Trinajstić information content (AvgIpc) is 2.95. The van der Waals surface area contributed by atoms with Gasteiger partial charge in [-0.05, 0) is 33.2 Å². The van der Waals surface area contributed by atoms with E-state index in [0.717, 1.165) is 58.8 Å². The van der Waals surface area contributed by atoms with Crippen LogP contribution in [0.5, 0.6) is 0 Å². The molecule has 0 aromatic rings. The van der Waals surface area contributed by atoms with E-state index in [4.69, 9.17) is 15.2 Å². The van der Waals surface area contributed by atoms with E-state index in [9.17, 15) is 26.4 Å². The van der Waals surface area contributed by atoms with Gasteiger partial charge in [0.05, 0.1) is 19.1 Å². The number of hydrogen-bond donors (Lipinski definition) is 4. The Morgan fingerprint density at radius 1 is 0.660 bits per heavy atom. The van der Waals surface area contributed by atoms with Gasteiger partial charge in [-0.1, -0.05) is 123 Å². The van der Waals surface area contributed by atoms with E-state index in [1.54, 1.807) is 18.4 Å². The number of sulfonamides is 2. The van der Waals surface area contributed by atoms with Crippen LogP contribution in [0.15, 0.2) is 0 Å². The molecule has 0 aliphatic rings. The molecule has 0 atom stereocenters. The number of aliphatic hydroxyl groups is 1. The Balaban J connectivity index is -0.000000205. The van der Waals surface area contributed by atoms with Crippen LogP contribution < -0.4 is 4.72 Å². The lowest BCUT2D eigenvalue weighted by molar-refractivity contribution is -0.124. The fraction of sp³-hybridized carbons (Fsp3) is 0.941. The third-order valence-corrected chi connectivity index (χ3v) is 36.0. The van der Waals surface area contributed by atoms with Gasteiger partial charge in [0, 0.05) is 31.9 Å². The first-order valence-corrected chi connectivity index (χ1v) is 30.6. The normalized spacial score (nSPS) is 11.9. The molecule has 0 spiro atoms. The lowest BCUT2D eigenvalue weighted by Crippen LogP contribution is -2.43. The molecule has 0 aromatic heterocycles. The van der Waals surface area contributed by atoms with E-state index >= 15 is 0 Å². The van der Waals surface area contributed by atoms with E-state index in [1.165, 1.54) is 6.92 Å². The van der Waals surface area contributed by atoms with Gasteiger partial charge in [0.15, 0.2) is 0 Å². The number of carbonyl (C=O) groups is 2. The molecule has 11 nitrogen and oxygen atoms in total. The maximum Gasteiger partial charge on any atom is 0.285 e. The van der Waals surface area contributed by atoms with Gasteiger partial charge in [-0.3, -0.25) is 14.3 Å². The van der Waals surface area contributed by atoms with Crippen LogP contribution in [0, 0.1) is 0 Å². The Morgan fingerprint density at radius 2 is 0.925 bits per heavy atom. The number of rotatable bonds is 17. The van der Waals surface area contributed by atoms with Gasteiger partial charge in [-0.25, -0.2) is 21.1 Å². The number of nitrogens with one attached hydrogen (secondary N) is 1. The van der Waals surface area contributed by atoms with Crippen LogP contribution in [-0.4, -0.2) is 114 Å². The van der Waals surface area contributed by atoms with Crippen molar-refractivity contribution in [1.29, 1.82) is 0 Å². The molecule has 4 N–H and O–H groups in total. The van der Waals surface area contributed by atoms with Gasteiger partial charge in [0.25, 0.3) is 13.8 Å². The first-order valence-electron chi connectivity index (χ1n) is 18.9. The molecule has 0 saturated carbocycles. The van der Waals surface area contributed by atoms with Crippen molar-refractivity contribution in [1.82, 2.24) is 9.03 Å². The highest BCUT2D eigenvalue weighted by molar-refractivity contribution is 8.29. The van der Waals surface area contributed by atoms with E-state index in [1.807, 2.05) is 25.1 Å². The van der Waals surface area contributed by atoms with Crippen LogP contribution in [-0.2, 0) is 29.6 Å². The minimum Gasteiger partial charge on any atom is -0.451 e. The predicted octanol–water partition coefficient (Wildman–Crippen LogP) is 7.91. The molecule has 0 fully saturated rings. The Labute approximate surface area is 338 Å². The Bertz CT molecular complexity index is 1130. The minimum absolute atomic E-state index is 0.116. The molecule has 0 radical (unpaired) electrons. The number of nitrogens with zero attached hydrogens (tertiary/aromatic N) is 1. The molecular formula is C34H82B2N2O9S4Si2. The molecule has 2 amide bonds.